The predicted molar refractivity (Wildman–Crippen MR) is 106 cm³/mol. The summed E-state index contributed by atoms with van der Waals surface area (Å²) in [5, 5.41) is 5.87. The van der Waals surface area contributed by atoms with Crippen LogP contribution in [0.1, 0.15) is 28.7 Å². The van der Waals surface area contributed by atoms with E-state index < -0.39 is 5.54 Å². The number of thiazole rings is 1. The maximum absolute atomic E-state index is 13.0. The lowest BCUT2D eigenvalue weighted by Crippen LogP contribution is -2.49. The van der Waals surface area contributed by atoms with Gasteiger partial charge in [0.15, 0.2) is 5.17 Å². The number of nitrogens with two attached hydrogens (primary N) is 1. The Morgan fingerprint density at radius 3 is 2.96 bits per heavy atom. The molecule has 142 valence electrons. The molecule has 0 radical (unpaired) electrons. The number of nitrogens with zero attached hydrogens (tertiary/aromatic N) is 2. The quantitative estimate of drug-likeness (QED) is 0.817. The summed E-state index contributed by atoms with van der Waals surface area (Å²) in [7, 11) is 0. The van der Waals surface area contributed by atoms with Crippen LogP contribution in [0.15, 0.2) is 34.6 Å². The highest BCUT2D eigenvalue weighted by Crippen LogP contribution is 2.46. The Morgan fingerprint density at radius 2 is 2.19 bits per heavy atom. The summed E-state index contributed by atoms with van der Waals surface area (Å²) >= 11 is 3.00. The van der Waals surface area contributed by atoms with E-state index in [-0.39, 0.29) is 23.7 Å². The van der Waals surface area contributed by atoms with Crippen molar-refractivity contribution in [2.75, 3.05) is 17.7 Å². The first-order chi connectivity index (χ1) is 13.0. The van der Waals surface area contributed by atoms with Gasteiger partial charge >= 0.3 is 0 Å². The zero-order valence-corrected chi connectivity index (χ0v) is 16.3. The lowest BCUT2D eigenvalue weighted by molar-refractivity contribution is -0.0466. The molecule has 1 aromatic carbocycles. The van der Waals surface area contributed by atoms with Gasteiger partial charge in [0, 0.05) is 22.6 Å². The summed E-state index contributed by atoms with van der Waals surface area (Å²) in [6.45, 7) is 2.49. The van der Waals surface area contributed by atoms with Gasteiger partial charge in [-0.2, -0.15) is 0 Å². The molecule has 0 saturated carbocycles. The second-order valence-corrected chi connectivity index (χ2v) is 8.64. The van der Waals surface area contributed by atoms with Gasteiger partial charge in [-0.1, -0.05) is 11.8 Å². The van der Waals surface area contributed by atoms with Gasteiger partial charge in [0.1, 0.15) is 22.2 Å². The molecule has 2 aliphatic rings. The van der Waals surface area contributed by atoms with E-state index in [0.717, 1.165) is 17.2 Å². The summed E-state index contributed by atoms with van der Waals surface area (Å²) in [4.78, 5) is 21.7. The molecule has 0 spiro atoms. The third-order valence-corrected chi connectivity index (χ3v) is 6.81. The Hall–Kier alpha value is -1.97. The van der Waals surface area contributed by atoms with Crippen LogP contribution in [-0.2, 0) is 10.3 Å². The Bertz CT molecular complexity index is 886. The molecule has 9 heteroatoms. The number of thioether (sulfide) groups is 1. The van der Waals surface area contributed by atoms with Gasteiger partial charge in [0.25, 0.3) is 5.91 Å². The Balaban J connectivity index is 1.58. The van der Waals surface area contributed by atoms with E-state index >= 15 is 0 Å². The van der Waals surface area contributed by atoms with Crippen molar-refractivity contribution in [3.05, 3.63) is 46.0 Å². The van der Waals surface area contributed by atoms with Crippen molar-refractivity contribution in [1.82, 2.24) is 4.98 Å². The van der Waals surface area contributed by atoms with Crippen LogP contribution in [0, 0.1) is 11.7 Å². The number of amides is 1. The molecular weight excluding hydrogens is 387 g/mol. The molecule has 0 aliphatic carbocycles. The monoisotopic (exact) mass is 406 g/mol. The van der Waals surface area contributed by atoms with E-state index in [1.165, 1.54) is 35.6 Å². The second kappa shape index (κ2) is 7.21. The number of rotatable bonds is 3. The van der Waals surface area contributed by atoms with Crippen LogP contribution in [-0.4, -0.2) is 34.5 Å². The van der Waals surface area contributed by atoms with E-state index in [4.69, 9.17) is 15.5 Å². The van der Waals surface area contributed by atoms with Gasteiger partial charge in [-0.25, -0.2) is 14.4 Å². The summed E-state index contributed by atoms with van der Waals surface area (Å²) in [6, 6.07) is 5.38. The van der Waals surface area contributed by atoms with Crippen LogP contribution in [0.3, 0.4) is 0 Å². The topological polar surface area (TPSA) is 89.6 Å². The third kappa shape index (κ3) is 3.59. The highest BCUT2D eigenvalue weighted by Gasteiger charge is 2.49. The van der Waals surface area contributed by atoms with Crippen LogP contribution in [0.5, 0.6) is 0 Å². The maximum atomic E-state index is 13.0. The van der Waals surface area contributed by atoms with Crippen molar-refractivity contribution < 1.29 is 13.9 Å². The molecular formula is C18H19FN4O2S2. The normalized spacial score (nSPS) is 27.6. The van der Waals surface area contributed by atoms with Crippen LogP contribution in [0.25, 0.3) is 0 Å². The Kier molecular flexibility index (Phi) is 4.92. The highest BCUT2D eigenvalue weighted by atomic mass is 32.2. The minimum Gasteiger partial charge on any atom is -0.379 e. The average molecular weight is 407 g/mol. The van der Waals surface area contributed by atoms with Gasteiger partial charge in [-0.05, 0) is 37.6 Å². The van der Waals surface area contributed by atoms with Gasteiger partial charge in [-0.3, -0.25) is 4.79 Å². The second-order valence-electron chi connectivity index (χ2n) is 6.74. The van der Waals surface area contributed by atoms with Crippen molar-refractivity contribution in [3.63, 3.8) is 0 Å². The van der Waals surface area contributed by atoms with Crippen molar-refractivity contribution in [3.8, 4) is 0 Å². The molecule has 3 N–H and O–H groups in total. The maximum Gasteiger partial charge on any atom is 0.256 e. The first kappa shape index (κ1) is 18.4. The summed E-state index contributed by atoms with van der Waals surface area (Å²) in [6.07, 6.45) is 1.07. The number of ether oxygens (including phenoxy) is 1. The van der Waals surface area contributed by atoms with E-state index in [0.29, 0.717) is 23.2 Å². The number of aliphatic imine (C=N–C) groups is 1. The summed E-state index contributed by atoms with van der Waals surface area (Å²) < 4.78 is 18.9. The van der Waals surface area contributed by atoms with E-state index in [9.17, 15) is 9.18 Å². The molecule has 1 amide bonds. The fourth-order valence-electron chi connectivity index (χ4n) is 3.40. The molecule has 3 heterocycles. The minimum atomic E-state index is -0.592. The molecule has 0 unspecified atom stereocenters. The highest BCUT2D eigenvalue weighted by molar-refractivity contribution is 8.13. The Morgan fingerprint density at radius 1 is 1.41 bits per heavy atom. The van der Waals surface area contributed by atoms with Crippen LogP contribution in [0.2, 0.25) is 0 Å². The number of hydrogen-bond acceptors (Lipinski definition) is 7. The van der Waals surface area contributed by atoms with Gasteiger partial charge < -0.3 is 15.8 Å². The van der Waals surface area contributed by atoms with Crippen molar-refractivity contribution >= 4 is 40.0 Å². The molecule has 4 rings (SSSR count). The largest absolute Gasteiger partial charge is 0.379 e. The number of halogens is 1. The molecule has 2 aliphatic heterocycles. The number of carbonyl (C=O) groups is 1. The first-order valence-electron chi connectivity index (χ1n) is 8.59. The van der Waals surface area contributed by atoms with Gasteiger partial charge in [0.2, 0.25) is 0 Å². The molecule has 0 bridgehead atoms. The number of aromatic nitrogens is 1. The zero-order chi connectivity index (χ0) is 19.0. The van der Waals surface area contributed by atoms with Crippen molar-refractivity contribution in [2.24, 2.45) is 16.6 Å². The number of nitrogens with one attached hydrogen (secondary N) is 1. The number of anilines is 1. The number of benzene rings is 1. The molecule has 1 fully saturated rings. The molecule has 2 aromatic rings. The van der Waals surface area contributed by atoms with Crippen LogP contribution >= 0.6 is 23.1 Å². The number of carbonyl (C=O) groups excluding carboxylic acids is 1. The first-order valence-corrected chi connectivity index (χ1v) is 10.5. The standard InChI is InChI=1S/C18H19FN4O2S2/c1-10-6-12-7-27-17(20)23-18(12,9-25-10)16-22-14(8-26-16)21-15(24)11-2-4-13(19)5-3-11/h2-5,8,10,12H,6-7,9H2,1H3,(H2,20,23)(H,21,24)/t10-,12-,18-/m0/s1. The van der Waals surface area contributed by atoms with Crippen LogP contribution < -0.4 is 11.1 Å². The van der Waals surface area contributed by atoms with Crippen molar-refractivity contribution in [2.45, 2.75) is 25.0 Å². The lowest BCUT2D eigenvalue weighted by Gasteiger charge is -2.44. The lowest BCUT2D eigenvalue weighted by atomic mass is 9.80. The van der Waals surface area contributed by atoms with Gasteiger partial charge in [0.05, 0.1) is 12.7 Å². The molecule has 6 nitrogen and oxygen atoms in total. The fourth-order valence-corrected chi connectivity index (χ4v) is 5.37. The predicted octanol–water partition coefficient (Wildman–Crippen LogP) is 3.22. The average Bonchev–Trinajstić information content (AvgIpc) is 3.11. The van der Waals surface area contributed by atoms with E-state index in [1.807, 2.05) is 0 Å². The summed E-state index contributed by atoms with van der Waals surface area (Å²) in [5.41, 5.74) is 5.79. The summed E-state index contributed by atoms with van der Waals surface area (Å²) in [5.74, 6) is 0.884. The molecule has 3 atom stereocenters. The zero-order valence-electron chi connectivity index (χ0n) is 14.6. The van der Waals surface area contributed by atoms with Crippen LogP contribution in [0.4, 0.5) is 10.2 Å². The third-order valence-electron chi connectivity index (χ3n) is 4.84. The van der Waals surface area contributed by atoms with Crippen molar-refractivity contribution in [1.29, 1.82) is 0 Å². The molecule has 1 saturated heterocycles. The Labute approximate surface area is 164 Å². The number of fused-ring (bicyclic) bond motifs is 1. The van der Waals surface area contributed by atoms with Gasteiger partial charge in [-0.15, -0.1) is 11.3 Å². The SMILES string of the molecule is C[C@H]1C[C@H]2CSC(N)=N[C@@]2(c2nc(NC(=O)c3ccc(F)cc3)cs2)CO1. The molecule has 27 heavy (non-hydrogen) atoms. The number of amidine groups is 1. The number of hydrogen-bond donors (Lipinski definition) is 2. The van der Waals surface area contributed by atoms with E-state index in [1.54, 1.807) is 17.1 Å². The minimum absolute atomic E-state index is 0.177. The van der Waals surface area contributed by atoms with E-state index in [2.05, 4.69) is 17.2 Å². The smallest absolute Gasteiger partial charge is 0.256 e. The molecule has 1 aromatic heterocycles. The fraction of sp³-hybridized carbons (Fsp3) is 0.389.